The zero-order valence-corrected chi connectivity index (χ0v) is 11.7. The Morgan fingerprint density at radius 1 is 1.00 bits per heavy atom. The summed E-state index contributed by atoms with van der Waals surface area (Å²) in [5, 5.41) is 1.74. The molecule has 1 heterocycles. The molecule has 0 amide bonds. The summed E-state index contributed by atoms with van der Waals surface area (Å²) < 4.78 is 5.22. The van der Waals surface area contributed by atoms with E-state index in [-0.39, 0.29) is 5.63 Å². The Morgan fingerprint density at radius 3 is 2.68 bits per heavy atom. The Kier molecular flexibility index (Phi) is 3.22. The molecule has 0 atom stereocenters. The van der Waals surface area contributed by atoms with Gasteiger partial charge in [0.15, 0.2) is 0 Å². The minimum absolute atomic E-state index is 0.321. The topological polar surface area (TPSA) is 30.2 Å². The molecule has 0 saturated heterocycles. The summed E-state index contributed by atoms with van der Waals surface area (Å²) in [4.78, 5) is 11.7. The van der Waals surface area contributed by atoms with Crippen LogP contribution in [-0.4, -0.2) is 0 Å². The molecule has 0 radical (unpaired) electrons. The van der Waals surface area contributed by atoms with Crippen molar-refractivity contribution in [1.82, 2.24) is 0 Å². The number of benzene rings is 2. The van der Waals surface area contributed by atoms with Gasteiger partial charge in [-0.25, -0.2) is 4.79 Å². The molecule has 0 N–H and O–H groups in total. The van der Waals surface area contributed by atoms with Crippen LogP contribution in [-0.2, 0) is 5.33 Å². The van der Waals surface area contributed by atoms with E-state index in [9.17, 15) is 4.79 Å². The summed E-state index contributed by atoms with van der Waals surface area (Å²) >= 11 is 3.45. The molecule has 0 fully saturated rings. The number of fused-ring (bicyclic) bond motifs is 1. The van der Waals surface area contributed by atoms with Gasteiger partial charge in [0.1, 0.15) is 5.58 Å². The fraction of sp³-hybridized carbons (Fsp3) is 0.0625. The van der Waals surface area contributed by atoms with Gasteiger partial charge in [0.2, 0.25) is 0 Å². The largest absolute Gasteiger partial charge is 0.423 e. The maximum Gasteiger partial charge on any atom is 0.336 e. The highest BCUT2D eigenvalue weighted by Gasteiger charge is 2.07. The smallest absolute Gasteiger partial charge is 0.336 e. The van der Waals surface area contributed by atoms with Crippen LogP contribution in [0, 0.1) is 0 Å². The minimum atomic E-state index is -0.321. The van der Waals surface area contributed by atoms with E-state index in [0.29, 0.717) is 5.58 Å². The van der Waals surface area contributed by atoms with Crippen molar-refractivity contribution in [2.75, 3.05) is 0 Å². The molecule has 0 saturated carbocycles. The van der Waals surface area contributed by atoms with Crippen LogP contribution < -0.4 is 5.63 Å². The van der Waals surface area contributed by atoms with Gasteiger partial charge in [-0.15, -0.1) is 0 Å². The Bertz CT molecular complexity index is 790. The second-order valence-electron chi connectivity index (χ2n) is 4.31. The van der Waals surface area contributed by atoms with Crippen LogP contribution in [0.2, 0.25) is 0 Å². The molecule has 0 aliphatic carbocycles. The molecule has 1 aromatic heterocycles. The highest BCUT2D eigenvalue weighted by Crippen LogP contribution is 2.27. The highest BCUT2D eigenvalue weighted by atomic mass is 79.9. The van der Waals surface area contributed by atoms with Crippen LogP contribution in [0.5, 0.6) is 0 Å². The maximum absolute atomic E-state index is 11.7. The van der Waals surface area contributed by atoms with Gasteiger partial charge < -0.3 is 4.42 Å². The molecule has 2 aromatic carbocycles. The number of rotatable bonds is 2. The normalized spacial score (nSPS) is 10.8. The zero-order valence-electron chi connectivity index (χ0n) is 10.1. The average molecular weight is 315 g/mol. The fourth-order valence-electron chi connectivity index (χ4n) is 2.17. The second kappa shape index (κ2) is 5.02. The van der Waals surface area contributed by atoms with Crippen molar-refractivity contribution in [2.24, 2.45) is 0 Å². The van der Waals surface area contributed by atoms with E-state index < -0.39 is 0 Å². The molecule has 0 aliphatic heterocycles. The van der Waals surface area contributed by atoms with Crippen LogP contribution in [0.15, 0.2) is 63.8 Å². The Balaban J connectivity index is 2.32. The number of alkyl halides is 1. The summed E-state index contributed by atoms with van der Waals surface area (Å²) in [5.41, 5.74) is 3.41. The van der Waals surface area contributed by atoms with Crippen molar-refractivity contribution in [1.29, 1.82) is 0 Å². The lowest BCUT2D eigenvalue weighted by atomic mass is 10.0. The number of para-hydroxylation sites is 1. The third-order valence-electron chi connectivity index (χ3n) is 3.04. The van der Waals surface area contributed by atoms with Crippen molar-refractivity contribution in [3.63, 3.8) is 0 Å². The summed E-state index contributed by atoms with van der Waals surface area (Å²) in [5.74, 6) is 0. The van der Waals surface area contributed by atoms with E-state index in [2.05, 4.69) is 22.0 Å². The van der Waals surface area contributed by atoms with E-state index in [1.54, 1.807) is 6.07 Å². The van der Waals surface area contributed by atoms with Crippen molar-refractivity contribution in [2.45, 2.75) is 5.33 Å². The summed E-state index contributed by atoms with van der Waals surface area (Å²) in [6, 6.07) is 17.3. The van der Waals surface area contributed by atoms with Crippen molar-refractivity contribution in [3.8, 4) is 11.1 Å². The monoisotopic (exact) mass is 314 g/mol. The molecule has 3 aromatic rings. The molecule has 2 nitrogen and oxygen atoms in total. The van der Waals surface area contributed by atoms with Gasteiger partial charge >= 0.3 is 5.63 Å². The molecule has 3 rings (SSSR count). The van der Waals surface area contributed by atoms with Crippen LogP contribution in [0.25, 0.3) is 22.1 Å². The molecule has 3 heteroatoms. The Morgan fingerprint density at radius 2 is 1.84 bits per heavy atom. The number of halogens is 1. The first-order chi connectivity index (χ1) is 9.28. The van der Waals surface area contributed by atoms with E-state index in [1.165, 1.54) is 5.56 Å². The molecular formula is C16H11BrO2. The lowest BCUT2D eigenvalue weighted by Gasteiger charge is -2.06. The third-order valence-corrected chi connectivity index (χ3v) is 3.69. The van der Waals surface area contributed by atoms with Gasteiger partial charge in [0.05, 0.1) is 0 Å². The molecular weight excluding hydrogens is 304 g/mol. The zero-order chi connectivity index (χ0) is 13.2. The first-order valence-electron chi connectivity index (χ1n) is 5.96. The minimum Gasteiger partial charge on any atom is -0.423 e. The van der Waals surface area contributed by atoms with Gasteiger partial charge in [-0.1, -0.05) is 58.4 Å². The first-order valence-corrected chi connectivity index (χ1v) is 7.08. The van der Waals surface area contributed by atoms with Gasteiger partial charge in [-0.05, 0) is 22.8 Å². The van der Waals surface area contributed by atoms with E-state index >= 15 is 0 Å². The standard InChI is InChI=1S/C16H11BrO2/c17-10-11-4-3-5-12(8-11)14-9-16(18)19-15-7-2-1-6-13(14)15/h1-9H,10H2. The lowest BCUT2D eigenvalue weighted by molar-refractivity contribution is 0.561. The molecule has 0 spiro atoms. The SMILES string of the molecule is O=c1cc(-c2cccc(CBr)c2)c2ccccc2o1. The van der Waals surface area contributed by atoms with Crippen molar-refractivity contribution in [3.05, 3.63) is 70.6 Å². The first kappa shape index (κ1) is 12.2. The van der Waals surface area contributed by atoms with Gasteiger partial charge in [-0.2, -0.15) is 0 Å². The molecule has 0 aliphatic rings. The molecule has 0 bridgehead atoms. The van der Waals surface area contributed by atoms with E-state index in [1.807, 2.05) is 42.5 Å². The van der Waals surface area contributed by atoms with E-state index in [0.717, 1.165) is 21.8 Å². The predicted molar refractivity (Wildman–Crippen MR) is 80.6 cm³/mol. The van der Waals surface area contributed by atoms with Crippen molar-refractivity contribution < 1.29 is 4.42 Å². The quantitative estimate of drug-likeness (QED) is 0.520. The van der Waals surface area contributed by atoms with Gasteiger partial charge in [-0.3, -0.25) is 0 Å². The third kappa shape index (κ3) is 2.34. The van der Waals surface area contributed by atoms with Gasteiger partial charge in [0.25, 0.3) is 0 Å². The summed E-state index contributed by atoms with van der Waals surface area (Å²) in [6.07, 6.45) is 0. The van der Waals surface area contributed by atoms with Crippen LogP contribution in [0.4, 0.5) is 0 Å². The lowest BCUT2D eigenvalue weighted by Crippen LogP contribution is -1.98. The summed E-state index contributed by atoms with van der Waals surface area (Å²) in [7, 11) is 0. The van der Waals surface area contributed by atoms with Gasteiger partial charge in [0, 0.05) is 16.8 Å². The Hall–Kier alpha value is -1.87. The molecule has 19 heavy (non-hydrogen) atoms. The number of hydrogen-bond acceptors (Lipinski definition) is 2. The second-order valence-corrected chi connectivity index (χ2v) is 4.87. The maximum atomic E-state index is 11.7. The number of hydrogen-bond donors (Lipinski definition) is 0. The molecule has 0 unspecified atom stereocenters. The van der Waals surface area contributed by atoms with Crippen molar-refractivity contribution >= 4 is 26.9 Å². The van der Waals surface area contributed by atoms with E-state index in [4.69, 9.17) is 4.42 Å². The van der Waals surface area contributed by atoms with Crippen LogP contribution >= 0.6 is 15.9 Å². The average Bonchev–Trinajstić information content (AvgIpc) is 2.46. The van der Waals surface area contributed by atoms with Crippen LogP contribution in [0.3, 0.4) is 0 Å². The summed E-state index contributed by atoms with van der Waals surface area (Å²) in [6.45, 7) is 0. The predicted octanol–water partition coefficient (Wildman–Crippen LogP) is 4.35. The highest BCUT2D eigenvalue weighted by molar-refractivity contribution is 9.08. The van der Waals surface area contributed by atoms with Crippen LogP contribution in [0.1, 0.15) is 5.56 Å². The fourth-order valence-corrected chi connectivity index (χ4v) is 2.52. The Labute approximate surface area is 118 Å². The molecule has 94 valence electrons.